The first-order valence-corrected chi connectivity index (χ1v) is 7.07. The summed E-state index contributed by atoms with van der Waals surface area (Å²) in [6, 6.07) is 3.50. The van der Waals surface area contributed by atoms with Crippen LogP contribution < -0.4 is 11.1 Å². The molecule has 1 aromatic rings. The molecule has 0 bridgehead atoms. The first-order chi connectivity index (χ1) is 8.59. The molecule has 7 heteroatoms. The van der Waals surface area contributed by atoms with Gasteiger partial charge in [0.1, 0.15) is 5.69 Å². The minimum Gasteiger partial charge on any atom is -0.349 e. The zero-order valence-corrected chi connectivity index (χ0v) is 14.3. The molecule has 1 aromatic heterocycles. The van der Waals surface area contributed by atoms with Crippen molar-refractivity contribution in [2.45, 2.75) is 37.6 Å². The summed E-state index contributed by atoms with van der Waals surface area (Å²) in [5.74, 6) is -0.155. The summed E-state index contributed by atoms with van der Waals surface area (Å²) < 4.78 is 0.863. The van der Waals surface area contributed by atoms with Crippen LogP contribution >= 0.6 is 40.7 Å². The normalized spacial score (nSPS) is 16.5. The van der Waals surface area contributed by atoms with Gasteiger partial charge in [-0.2, -0.15) is 0 Å². The summed E-state index contributed by atoms with van der Waals surface area (Å²) in [5.41, 5.74) is 6.46. The van der Waals surface area contributed by atoms with E-state index in [0.29, 0.717) is 12.2 Å². The van der Waals surface area contributed by atoms with Crippen molar-refractivity contribution in [2.75, 3.05) is 6.54 Å². The Morgan fingerprint density at radius 2 is 1.95 bits per heavy atom. The fraction of sp³-hybridized carbons (Fsp3) is 0.538. The third-order valence-corrected chi connectivity index (χ3v) is 3.88. The smallest absolute Gasteiger partial charge is 0.269 e. The minimum absolute atomic E-state index is 0. The number of pyridine rings is 1. The Bertz CT molecular complexity index is 422. The highest BCUT2D eigenvalue weighted by Crippen LogP contribution is 2.25. The van der Waals surface area contributed by atoms with Gasteiger partial charge in [0, 0.05) is 22.8 Å². The predicted molar refractivity (Wildman–Crippen MR) is 88.8 cm³/mol. The molecule has 0 aliphatic heterocycles. The quantitative estimate of drug-likeness (QED) is 0.841. The molecule has 3 N–H and O–H groups in total. The van der Waals surface area contributed by atoms with Crippen LogP contribution in [0.4, 0.5) is 0 Å². The highest BCUT2D eigenvalue weighted by molar-refractivity contribution is 9.10. The second-order valence-corrected chi connectivity index (χ2v) is 5.88. The summed E-state index contributed by atoms with van der Waals surface area (Å²) in [4.78, 5) is 16.0. The molecule has 1 amide bonds. The lowest BCUT2D eigenvalue weighted by Crippen LogP contribution is -2.51. The van der Waals surface area contributed by atoms with Crippen LogP contribution in [-0.2, 0) is 0 Å². The molecule has 114 valence electrons. The van der Waals surface area contributed by atoms with Gasteiger partial charge in [-0.15, -0.1) is 24.8 Å². The monoisotopic (exact) mass is 383 g/mol. The van der Waals surface area contributed by atoms with Crippen LogP contribution in [-0.4, -0.2) is 23.0 Å². The number of rotatable bonds is 3. The van der Waals surface area contributed by atoms with Gasteiger partial charge < -0.3 is 11.1 Å². The van der Waals surface area contributed by atoms with Crippen molar-refractivity contribution in [3.05, 3.63) is 28.5 Å². The van der Waals surface area contributed by atoms with Gasteiger partial charge in [-0.3, -0.25) is 4.79 Å². The number of aromatic nitrogens is 1. The van der Waals surface area contributed by atoms with Gasteiger partial charge in [-0.25, -0.2) is 4.98 Å². The lowest BCUT2D eigenvalue weighted by molar-refractivity contribution is 0.0932. The summed E-state index contributed by atoms with van der Waals surface area (Å²) in [7, 11) is 0. The van der Waals surface area contributed by atoms with Crippen molar-refractivity contribution in [1.82, 2.24) is 10.3 Å². The maximum Gasteiger partial charge on any atom is 0.269 e. The molecule has 1 fully saturated rings. The summed E-state index contributed by atoms with van der Waals surface area (Å²) in [6.45, 7) is 0.531. The van der Waals surface area contributed by atoms with E-state index in [-0.39, 0.29) is 36.3 Å². The van der Waals surface area contributed by atoms with Crippen molar-refractivity contribution in [2.24, 2.45) is 5.73 Å². The van der Waals surface area contributed by atoms with Crippen LogP contribution in [0.3, 0.4) is 0 Å². The van der Waals surface area contributed by atoms with Gasteiger partial charge in [-0.1, -0.05) is 19.3 Å². The Morgan fingerprint density at radius 1 is 1.30 bits per heavy atom. The van der Waals surface area contributed by atoms with E-state index in [0.717, 1.165) is 30.2 Å². The van der Waals surface area contributed by atoms with Crippen LogP contribution in [0.1, 0.15) is 42.6 Å². The third-order valence-electron chi connectivity index (χ3n) is 3.41. The van der Waals surface area contributed by atoms with E-state index in [1.165, 1.54) is 6.42 Å². The molecule has 0 saturated heterocycles. The van der Waals surface area contributed by atoms with E-state index in [9.17, 15) is 4.79 Å². The van der Waals surface area contributed by atoms with Gasteiger partial charge in [0.25, 0.3) is 5.91 Å². The van der Waals surface area contributed by atoms with Gasteiger partial charge >= 0.3 is 0 Å². The molecule has 0 aromatic carbocycles. The molecule has 1 aliphatic carbocycles. The van der Waals surface area contributed by atoms with Crippen molar-refractivity contribution in [3.63, 3.8) is 0 Å². The average molecular weight is 385 g/mol. The van der Waals surface area contributed by atoms with Crippen LogP contribution in [0.2, 0.25) is 0 Å². The van der Waals surface area contributed by atoms with Crippen molar-refractivity contribution in [3.8, 4) is 0 Å². The van der Waals surface area contributed by atoms with Gasteiger partial charge in [0.05, 0.1) is 0 Å². The first kappa shape index (κ1) is 19.6. The largest absolute Gasteiger partial charge is 0.349 e. The van der Waals surface area contributed by atoms with E-state index >= 15 is 0 Å². The Morgan fingerprint density at radius 3 is 2.50 bits per heavy atom. The van der Waals surface area contributed by atoms with E-state index in [2.05, 4.69) is 26.2 Å². The van der Waals surface area contributed by atoms with Gasteiger partial charge in [0.15, 0.2) is 0 Å². The Balaban J connectivity index is 0.00000180. The van der Waals surface area contributed by atoms with E-state index in [4.69, 9.17) is 5.73 Å². The topological polar surface area (TPSA) is 68.0 Å². The highest BCUT2D eigenvalue weighted by Gasteiger charge is 2.27. The Hall–Kier alpha value is -0.360. The van der Waals surface area contributed by atoms with Crippen molar-refractivity contribution >= 4 is 46.7 Å². The van der Waals surface area contributed by atoms with Crippen LogP contribution in [0.15, 0.2) is 22.8 Å². The SMILES string of the molecule is Cl.Cl.NC1(CNC(=O)c2ccc(Br)cn2)CCCCC1. The Kier molecular flexibility index (Phi) is 8.66. The second kappa shape index (κ2) is 8.82. The summed E-state index contributed by atoms with van der Waals surface area (Å²) in [6.07, 6.45) is 7.16. The van der Waals surface area contributed by atoms with Crippen LogP contribution in [0.5, 0.6) is 0 Å². The molecular weight excluding hydrogens is 365 g/mol. The van der Waals surface area contributed by atoms with Gasteiger partial charge in [0.2, 0.25) is 0 Å². The van der Waals surface area contributed by atoms with E-state index < -0.39 is 0 Å². The molecule has 2 rings (SSSR count). The molecule has 20 heavy (non-hydrogen) atoms. The second-order valence-electron chi connectivity index (χ2n) is 4.97. The molecule has 0 atom stereocenters. The molecule has 1 aliphatic rings. The molecule has 1 saturated carbocycles. The highest BCUT2D eigenvalue weighted by atomic mass is 79.9. The molecule has 1 heterocycles. The lowest BCUT2D eigenvalue weighted by Gasteiger charge is -2.33. The zero-order chi connectivity index (χ0) is 13.0. The summed E-state index contributed by atoms with van der Waals surface area (Å²) in [5, 5.41) is 2.89. The molecule has 0 radical (unpaired) electrons. The first-order valence-electron chi connectivity index (χ1n) is 6.28. The third kappa shape index (κ3) is 5.56. The Labute approximate surface area is 140 Å². The fourth-order valence-corrected chi connectivity index (χ4v) is 2.52. The number of nitrogens with two attached hydrogens (primary N) is 1. The maximum atomic E-state index is 11.9. The number of hydrogen-bond acceptors (Lipinski definition) is 3. The molecule has 4 nitrogen and oxygen atoms in total. The van der Waals surface area contributed by atoms with Crippen LogP contribution in [0.25, 0.3) is 0 Å². The van der Waals surface area contributed by atoms with Crippen molar-refractivity contribution in [1.29, 1.82) is 0 Å². The number of hydrogen-bond donors (Lipinski definition) is 2. The lowest BCUT2D eigenvalue weighted by atomic mass is 9.82. The molecule has 0 unspecified atom stereocenters. The average Bonchev–Trinajstić information content (AvgIpc) is 2.38. The maximum absolute atomic E-state index is 11.9. The zero-order valence-electron chi connectivity index (χ0n) is 11.1. The predicted octanol–water partition coefficient (Wildman–Crippen LogP) is 3.08. The molecular formula is C13H20BrCl2N3O. The standard InChI is InChI=1S/C13H18BrN3O.2ClH/c14-10-4-5-11(16-8-10)12(18)17-9-13(15)6-2-1-3-7-13;;/h4-5,8H,1-3,6-7,9,15H2,(H,17,18);2*1H. The van der Waals surface area contributed by atoms with Crippen LogP contribution in [0, 0.1) is 0 Å². The van der Waals surface area contributed by atoms with E-state index in [1.54, 1.807) is 18.3 Å². The summed E-state index contributed by atoms with van der Waals surface area (Å²) >= 11 is 3.29. The number of carbonyl (C=O) groups is 1. The number of nitrogens with one attached hydrogen (secondary N) is 1. The number of nitrogens with zero attached hydrogens (tertiary/aromatic N) is 1. The van der Waals surface area contributed by atoms with Gasteiger partial charge in [-0.05, 0) is 40.9 Å². The fourth-order valence-electron chi connectivity index (χ4n) is 2.29. The molecule has 0 spiro atoms. The minimum atomic E-state index is -0.233. The number of carbonyl (C=O) groups excluding carboxylic acids is 1. The van der Waals surface area contributed by atoms with E-state index in [1.807, 2.05) is 0 Å². The number of halogens is 3. The number of amides is 1. The van der Waals surface area contributed by atoms with Crippen molar-refractivity contribution < 1.29 is 4.79 Å².